The molecule has 0 fully saturated rings. The van der Waals surface area contributed by atoms with Crippen molar-refractivity contribution in [2.45, 2.75) is 52.6 Å². The Labute approximate surface area is 120 Å². The quantitative estimate of drug-likeness (QED) is 0.788. The summed E-state index contributed by atoms with van der Waals surface area (Å²) in [6.07, 6.45) is 0. The number of nitrogens with one attached hydrogen (secondary N) is 2. The maximum absolute atomic E-state index is 3.81. The molecule has 0 saturated heterocycles. The van der Waals surface area contributed by atoms with E-state index in [1.807, 2.05) is 0 Å². The van der Waals surface area contributed by atoms with Crippen molar-refractivity contribution in [1.29, 1.82) is 0 Å². The van der Waals surface area contributed by atoms with E-state index in [9.17, 15) is 0 Å². The Morgan fingerprint density at radius 1 is 0.833 bits per heavy atom. The number of benzene rings is 1. The summed E-state index contributed by atoms with van der Waals surface area (Å²) in [5.74, 6) is 0. The van der Waals surface area contributed by atoms with Gasteiger partial charge in [0, 0.05) is 0 Å². The van der Waals surface area contributed by atoms with Gasteiger partial charge in [0.15, 0.2) is 0 Å². The summed E-state index contributed by atoms with van der Waals surface area (Å²) < 4.78 is 9.00. The summed E-state index contributed by atoms with van der Waals surface area (Å²) >= 11 is 1.05. The van der Waals surface area contributed by atoms with Gasteiger partial charge in [-0.3, -0.25) is 0 Å². The van der Waals surface area contributed by atoms with Crippen molar-refractivity contribution in [2.24, 2.45) is 0 Å². The van der Waals surface area contributed by atoms with Crippen LogP contribution in [-0.4, -0.2) is 36.1 Å². The van der Waals surface area contributed by atoms with Gasteiger partial charge in [-0.1, -0.05) is 0 Å². The van der Waals surface area contributed by atoms with Crippen LogP contribution in [0.15, 0.2) is 30.3 Å². The molecular formula is C14H25AsN2Se. The zero-order valence-corrected chi connectivity index (χ0v) is 15.8. The summed E-state index contributed by atoms with van der Waals surface area (Å²) in [5, 5.41) is 0. The topological polar surface area (TPSA) is 24.1 Å². The predicted molar refractivity (Wildman–Crippen MR) is 83.4 cm³/mol. The molecule has 102 valence electrons. The van der Waals surface area contributed by atoms with Crippen LogP contribution in [-0.2, 0) is 0 Å². The first-order valence-corrected chi connectivity index (χ1v) is 13.8. The van der Waals surface area contributed by atoms with Crippen molar-refractivity contribution in [3.05, 3.63) is 30.3 Å². The monoisotopic (exact) mass is 376 g/mol. The second kappa shape index (κ2) is 5.69. The Morgan fingerprint density at radius 2 is 1.22 bits per heavy atom. The van der Waals surface area contributed by atoms with Gasteiger partial charge < -0.3 is 0 Å². The fourth-order valence-corrected chi connectivity index (χ4v) is 14.9. The van der Waals surface area contributed by atoms with Gasteiger partial charge in [-0.05, 0) is 0 Å². The summed E-state index contributed by atoms with van der Waals surface area (Å²) in [6.45, 7) is 13.3. The van der Waals surface area contributed by atoms with E-state index in [-0.39, 0.29) is 11.1 Å². The van der Waals surface area contributed by atoms with E-state index >= 15 is 0 Å². The van der Waals surface area contributed by atoms with Crippen LogP contribution < -0.4 is 12.8 Å². The Kier molecular flexibility index (Phi) is 5.14. The van der Waals surface area contributed by atoms with Crippen LogP contribution in [0.5, 0.6) is 0 Å². The SMILES string of the molecule is CC(C)(C)N[As](=[Se])(NC(C)(C)C)c1ccccc1. The molecule has 2 N–H and O–H groups in total. The van der Waals surface area contributed by atoms with Crippen LogP contribution in [0.2, 0.25) is 0 Å². The molecule has 0 aromatic heterocycles. The molecule has 0 atom stereocenters. The second-order valence-corrected chi connectivity index (χ2v) is 17.2. The molecule has 1 rings (SSSR count). The van der Waals surface area contributed by atoms with Gasteiger partial charge in [-0.15, -0.1) is 0 Å². The van der Waals surface area contributed by atoms with Crippen LogP contribution in [0.4, 0.5) is 0 Å². The fraction of sp³-hybridized carbons (Fsp3) is 0.571. The number of hydrogen-bond acceptors (Lipinski definition) is 2. The van der Waals surface area contributed by atoms with Crippen LogP contribution in [0.25, 0.3) is 0 Å². The zero-order valence-electron chi connectivity index (χ0n) is 12.2. The average Bonchev–Trinajstić information content (AvgIpc) is 2.13. The maximum atomic E-state index is 3.81. The molecule has 0 saturated carbocycles. The first kappa shape index (κ1) is 16.3. The van der Waals surface area contributed by atoms with Gasteiger partial charge >= 0.3 is 121 Å². The second-order valence-electron chi connectivity index (χ2n) is 6.67. The first-order valence-electron chi connectivity index (χ1n) is 6.26. The molecule has 0 heterocycles. The molecule has 4 heteroatoms. The Balaban J connectivity index is 3.14. The first-order chi connectivity index (χ1) is 8.02. The van der Waals surface area contributed by atoms with E-state index in [1.165, 1.54) is 4.35 Å². The summed E-state index contributed by atoms with van der Waals surface area (Å²) in [6, 6.07) is 10.7. The third kappa shape index (κ3) is 5.46. The minimum absolute atomic E-state index is 0.0896. The molecule has 1 aromatic carbocycles. The fourth-order valence-electron chi connectivity index (χ4n) is 1.74. The summed E-state index contributed by atoms with van der Waals surface area (Å²) in [5.41, 5.74) is 0.179. The molecule has 18 heavy (non-hydrogen) atoms. The van der Waals surface area contributed by atoms with Crippen LogP contribution in [0, 0.1) is 0 Å². The van der Waals surface area contributed by atoms with E-state index in [0.29, 0.717) is 0 Å². The Hall–Kier alpha value is 0.218. The molecule has 1 aromatic rings. The van der Waals surface area contributed by atoms with E-state index < -0.39 is 11.6 Å². The summed E-state index contributed by atoms with van der Waals surface area (Å²) in [4.78, 5) is 0. The van der Waals surface area contributed by atoms with E-state index in [4.69, 9.17) is 0 Å². The molecule has 0 spiro atoms. The van der Waals surface area contributed by atoms with E-state index in [2.05, 4.69) is 93.8 Å². The van der Waals surface area contributed by atoms with Gasteiger partial charge in [0.2, 0.25) is 0 Å². The van der Waals surface area contributed by atoms with Crippen LogP contribution in [0.1, 0.15) is 41.5 Å². The van der Waals surface area contributed by atoms with Gasteiger partial charge in [-0.2, -0.15) is 0 Å². The van der Waals surface area contributed by atoms with Crippen LogP contribution in [0.3, 0.4) is 0 Å². The van der Waals surface area contributed by atoms with Crippen molar-refractivity contribution in [1.82, 2.24) is 8.47 Å². The average molecular weight is 375 g/mol. The molecule has 0 aliphatic rings. The van der Waals surface area contributed by atoms with E-state index in [1.54, 1.807) is 0 Å². The molecular weight excluding hydrogens is 350 g/mol. The van der Waals surface area contributed by atoms with E-state index in [0.717, 1.165) is 0 Å². The predicted octanol–water partition coefficient (Wildman–Crippen LogP) is 1.78. The molecule has 0 amide bonds. The molecule has 0 unspecified atom stereocenters. The normalized spacial score (nSPS) is 13.7. The van der Waals surface area contributed by atoms with Crippen molar-refractivity contribution >= 4 is 29.4 Å². The van der Waals surface area contributed by atoms with Crippen molar-refractivity contribution in [3.8, 4) is 0 Å². The summed E-state index contributed by atoms with van der Waals surface area (Å²) in [7, 11) is 0. The molecule has 2 nitrogen and oxygen atoms in total. The van der Waals surface area contributed by atoms with Crippen molar-refractivity contribution in [3.63, 3.8) is 0 Å². The van der Waals surface area contributed by atoms with Crippen LogP contribution >= 0.6 is 0 Å². The standard InChI is InChI=1S/C14H25AsN2Se/c1-13(2,3)16-15(18,17-14(4,5)6)12-10-8-7-9-11-12/h7-11H,1-6H3,(H2,16,17,18). The third-order valence-electron chi connectivity index (χ3n) is 2.11. The molecule has 0 aliphatic carbocycles. The zero-order chi connectivity index (χ0) is 14.0. The van der Waals surface area contributed by atoms with Gasteiger partial charge in [0.1, 0.15) is 0 Å². The third-order valence-corrected chi connectivity index (χ3v) is 12.7. The van der Waals surface area contributed by atoms with Gasteiger partial charge in [0.05, 0.1) is 0 Å². The number of rotatable bonds is 3. The van der Waals surface area contributed by atoms with Gasteiger partial charge in [0.25, 0.3) is 0 Å². The Bertz CT molecular complexity index is 409. The number of hydrogen-bond donors (Lipinski definition) is 2. The minimum atomic E-state index is -2.42. The molecule has 0 bridgehead atoms. The van der Waals surface area contributed by atoms with Gasteiger partial charge in [-0.25, -0.2) is 0 Å². The van der Waals surface area contributed by atoms with Crippen molar-refractivity contribution < 1.29 is 0 Å². The Morgan fingerprint density at radius 3 is 1.56 bits per heavy atom. The molecule has 0 radical (unpaired) electrons. The molecule has 0 aliphatic heterocycles. The van der Waals surface area contributed by atoms with Crippen molar-refractivity contribution in [2.75, 3.05) is 0 Å².